The summed E-state index contributed by atoms with van der Waals surface area (Å²) in [6.45, 7) is 0. The normalized spacial score (nSPS) is 11.8. The molecule has 0 aliphatic carbocycles. The van der Waals surface area contributed by atoms with Crippen molar-refractivity contribution >= 4 is 23.7 Å². The number of aldehydes is 1. The first kappa shape index (κ1) is 23.6. The lowest BCUT2D eigenvalue weighted by molar-refractivity contribution is -0.114. The Morgan fingerprint density at radius 2 is 1.40 bits per heavy atom. The Balaban J connectivity index is 1.73. The standard InChI is InChI=1S/C29H24N4O2/c34-21-27(28(35)15-14-24-10-2-5-17-31-24)26(20-25-11-3-6-18-32-25)29-22(8-7-19-33-29)12-13-23-9-1-4-16-30-23/h1-11,14-19,21H,12-13,20H2. The quantitative estimate of drug-likeness (QED) is 0.150. The molecule has 6 heteroatoms. The van der Waals surface area contributed by atoms with Gasteiger partial charge in [0.15, 0.2) is 12.1 Å². The first-order valence-corrected chi connectivity index (χ1v) is 11.3. The topological polar surface area (TPSA) is 85.7 Å². The van der Waals surface area contributed by atoms with E-state index in [1.165, 1.54) is 6.08 Å². The third-order valence-electron chi connectivity index (χ3n) is 5.44. The predicted octanol–water partition coefficient (Wildman–Crippen LogP) is 4.53. The van der Waals surface area contributed by atoms with E-state index in [0.29, 0.717) is 42.5 Å². The van der Waals surface area contributed by atoms with Gasteiger partial charge in [0.2, 0.25) is 0 Å². The summed E-state index contributed by atoms with van der Waals surface area (Å²) < 4.78 is 0. The molecule has 0 atom stereocenters. The molecule has 0 N–H and O–H groups in total. The third kappa shape index (κ3) is 6.48. The molecule has 0 aromatic carbocycles. The van der Waals surface area contributed by atoms with Gasteiger partial charge in [0, 0.05) is 42.6 Å². The van der Waals surface area contributed by atoms with Crippen LogP contribution in [0.1, 0.15) is 28.3 Å². The molecular weight excluding hydrogens is 436 g/mol. The van der Waals surface area contributed by atoms with Crippen molar-refractivity contribution in [1.82, 2.24) is 19.9 Å². The van der Waals surface area contributed by atoms with Crippen LogP contribution in [0.15, 0.2) is 103 Å². The zero-order chi connectivity index (χ0) is 24.3. The monoisotopic (exact) mass is 460 g/mol. The van der Waals surface area contributed by atoms with Gasteiger partial charge >= 0.3 is 0 Å². The van der Waals surface area contributed by atoms with Crippen LogP contribution in [0, 0.1) is 0 Å². The second kappa shape index (κ2) is 12.0. The number of aryl methyl sites for hydroxylation is 2. The minimum atomic E-state index is -0.405. The van der Waals surface area contributed by atoms with Gasteiger partial charge in [0.1, 0.15) is 0 Å². The van der Waals surface area contributed by atoms with Crippen LogP contribution in [-0.2, 0) is 28.9 Å². The molecule has 4 aromatic heterocycles. The molecule has 0 spiro atoms. The van der Waals surface area contributed by atoms with E-state index in [4.69, 9.17) is 0 Å². The highest BCUT2D eigenvalue weighted by molar-refractivity contribution is 6.23. The first-order chi connectivity index (χ1) is 17.2. The summed E-state index contributed by atoms with van der Waals surface area (Å²) in [4.78, 5) is 43.1. The van der Waals surface area contributed by atoms with Gasteiger partial charge in [0.25, 0.3) is 0 Å². The number of ketones is 1. The number of hydrogen-bond acceptors (Lipinski definition) is 6. The van der Waals surface area contributed by atoms with Gasteiger partial charge in [-0.1, -0.05) is 24.3 Å². The maximum absolute atomic E-state index is 13.2. The number of pyridine rings is 4. The Labute approximate surface area is 204 Å². The van der Waals surface area contributed by atoms with Crippen molar-refractivity contribution in [2.45, 2.75) is 19.3 Å². The lowest BCUT2D eigenvalue weighted by Crippen LogP contribution is -2.10. The zero-order valence-electron chi connectivity index (χ0n) is 19.1. The third-order valence-corrected chi connectivity index (χ3v) is 5.44. The maximum atomic E-state index is 13.2. The average Bonchev–Trinajstić information content (AvgIpc) is 2.92. The minimum Gasteiger partial charge on any atom is -0.298 e. The van der Waals surface area contributed by atoms with Gasteiger partial charge in [-0.05, 0) is 78.6 Å². The van der Waals surface area contributed by atoms with E-state index in [9.17, 15) is 9.59 Å². The van der Waals surface area contributed by atoms with E-state index >= 15 is 0 Å². The molecule has 0 unspecified atom stereocenters. The van der Waals surface area contributed by atoms with Crippen molar-refractivity contribution in [1.29, 1.82) is 0 Å². The number of hydrogen-bond donors (Lipinski definition) is 0. The van der Waals surface area contributed by atoms with Gasteiger partial charge in [-0.3, -0.25) is 29.5 Å². The van der Waals surface area contributed by atoms with E-state index in [2.05, 4.69) is 19.9 Å². The molecule has 4 aromatic rings. The summed E-state index contributed by atoms with van der Waals surface area (Å²) in [5.74, 6) is -0.405. The van der Waals surface area contributed by atoms with Gasteiger partial charge in [0.05, 0.1) is 17.0 Å². The number of aromatic nitrogens is 4. The number of allylic oxidation sites excluding steroid dienone is 3. The fourth-order valence-corrected chi connectivity index (χ4v) is 3.71. The number of carbonyl (C=O) groups is 2. The van der Waals surface area contributed by atoms with Crippen LogP contribution in [0.5, 0.6) is 0 Å². The van der Waals surface area contributed by atoms with E-state index in [-0.39, 0.29) is 5.57 Å². The summed E-state index contributed by atoms with van der Waals surface area (Å²) >= 11 is 0. The highest BCUT2D eigenvalue weighted by Gasteiger charge is 2.19. The van der Waals surface area contributed by atoms with Crippen LogP contribution in [0.4, 0.5) is 0 Å². The molecule has 6 nitrogen and oxygen atoms in total. The van der Waals surface area contributed by atoms with Crippen molar-refractivity contribution in [3.05, 3.63) is 132 Å². The Hall–Kier alpha value is -4.58. The van der Waals surface area contributed by atoms with Gasteiger partial charge < -0.3 is 0 Å². The van der Waals surface area contributed by atoms with Gasteiger partial charge in [-0.2, -0.15) is 0 Å². The average molecular weight is 461 g/mol. The van der Waals surface area contributed by atoms with Crippen LogP contribution in [-0.4, -0.2) is 32.0 Å². The molecule has 0 bridgehead atoms. The zero-order valence-corrected chi connectivity index (χ0v) is 19.1. The van der Waals surface area contributed by atoms with Crippen molar-refractivity contribution < 1.29 is 9.59 Å². The lowest BCUT2D eigenvalue weighted by Gasteiger charge is -2.14. The molecule has 0 aliphatic rings. The smallest absolute Gasteiger partial charge is 0.189 e. The highest BCUT2D eigenvalue weighted by Crippen LogP contribution is 2.25. The minimum absolute atomic E-state index is 0.0561. The first-order valence-electron chi connectivity index (χ1n) is 11.3. The van der Waals surface area contributed by atoms with E-state index in [0.717, 1.165) is 17.0 Å². The fraction of sp³-hybridized carbons (Fsp3) is 0.103. The van der Waals surface area contributed by atoms with Crippen molar-refractivity contribution in [3.63, 3.8) is 0 Å². The van der Waals surface area contributed by atoms with Crippen LogP contribution < -0.4 is 0 Å². The second-order valence-electron chi connectivity index (χ2n) is 7.79. The predicted molar refractivity (Wildman–Crippen MR) is 135 cm³/mol. The Morgan fingerprint density at radius 3 is 2.06 bits per heavy atom. The summed E-state index contributed by atoms with van der Waals surface area (Å²) in [7, 11) is 0. The van der Waals surface area contributed by atoms with E-state index < -0.39 is 5.78 Å². The fourth-order valence-electron chi connectivity index (χ4n) is 3.71. The molecule has 4 heterocycles. The van der Waals surface area contributed by atoms with Crippen LogP contribution in [0.2, 0.25) is 0 Å². The molecule has 0 aliphatic heterocycles. The van der Waals surface area contributed by atoms with Crippen molar-refractivity contribution in [3.8, 4) is 0 Å². The highest BCUT2D eigenvalue weighted by atomic mass is 16.1. The molecular formula is C29H24N4O2. The van der Waals surface area contributed by atoms with E-state index in [1.54, 1.807) is 43.0 Å². The summed E-state index contributed by atoms with van der Waals surface area (Å²) in [5, 5.41) is 0. The maximum Gasteiger partial charge on any atom is 0.189 e. The van der Waals surface area contributed by atoms with Crippen LogP contribution >= 0.6 is 0 Å². The summed E-state index contributed by atoms with van der Waals surface area (Å²) in [6.07, 6.45) is 12.0. The van der Waals surface area contributed by atoms with Gasteiger partial charge in [-0.25, -0.2) is 0 Å². The molecule has 0 radical (unpaired) electrons. The number of rotatable bonds is 10. The van der Waals surface area contributed by atoms with Gasteiger partial charge in [-0.15, -0.1) is 0 Å². The van der Waals surface area contributed by atoms with Crippen LogP contribution in [0.25, 0.3) is 11.6 Å². The molecule has 0 saturated carbocycles. The van der Waals surface area contributed by atoms with Crippen molar-refractivity contribution in [2.75, 3.05) is 0 Å². The number of nitrogens with zero attached hydrogens (tertiary/aromatic N) is 4. The molecule has 0 amide bonds. The largest absolute Gasteiger partial charge is 0.298 e. The van der Waals surface area contributed by atoms with Crippen LogP contribution in [0.3, 0.4) is 0 Å². The van der Waals surface area contributed by atoms with Crippen molar-refractivity contribution in [2.24, 2.45) is 0 Å². The summed E-state index contributed by atoms with van der Waals surface area (Å²) in [6, 6.07) is 20.6. The summed E-state index contributed by atoms with van der Waals surface area (Å²) in [5.41, 5.74) is 4.49. The Morgan fingerprint density at radius 1 is 0.714 bits per heavy atom. The lowest BCUT2D eigenvalue weighted by atomic mass is 9.92. The Kier molecular flexibility index (Phi) is 8.11. The molecule has 35 heavy (non-hydrogen) atoms. The molecule has 172 valence electrons. The second-order valence-corrected chi connectivity index (χ2v) is 7.79. The van der Waals surface area contributed by atoms with E-state index in [1.807, 2.05) is 54.6 Å². The Bertz CT molecular complexity index is 1330. The molecule has 0 fully saturated rings. The molecule has 4 rings (SSSR count). The SMILES string of the molecule is O=CC(C(=O)C=Cc1ccccn1)=C(Cc1ccccn1)c1ncccc1CCc1ccccn1. The number of carbonyl (C=O) groups excluding carboxylic acids is 2. The molecule has 0 saturated heterocycles.